The van der Waals surface area contributed by atoms with E-state index in [4.69, 9.17) is 19.3 Å². The molecule has 0 amide bonds. The van der Waals surface area contributed by atoms with Gasteiger partial charge in [-0.1, -0.05) is 6.92 Å². The standard InChI is InChI=1S/C20H22O6/c1-18-5-4-11-12(9-24-17(11)23)13(18)8-14-19(25-14)16(22)10(3-2-6-21)7-15-20(18,19)26-15/h7,13-15,21H,2-6,8-9H2,1H3. The number of carbonyl (C=O) groups excluding carboxylic acids is 2. The molecular formula is C20H22O6. The minimum absolute atomic E-state index is 0.0582. The van der Waals surface area contributed by atoms with Crippen LogP contribution in [0.3, 0.4) is 0 Å². The molecule has 6 unspecified atom stereocenters. The fourth-order valence-electron chi connectivity index (χ4n) is 6.59. The van der Waals surface area contributed by atoms with Gasteiger partial charge in [0, 0.05) is 17.6 Å². The van der Waals surface area contributed by atoms with Gasteiger partial charge in [0.05, 0.1) is 6.10 Å². The van der Waals surface area contributed by atoms with Crippen LogP contribution in [0.1, 0.15) is 39.0 Å². The molecule has 0 aromatic carbocycles. The number of aliphatic hydroxyl groups is 1. The quantitative estimate of drug-likeness (QED) is 0.603. The van der Waals surface area contributed by atoms with Crippen molar-refractivity contribution in [3.05, 3.63) is 22.8 Å². The van der Waals surface area contributed by atoms with E-state index in [-0.39, 0.29) is 41.9 Å². The second-order valence-corrected chi connectivity index (χ2v) is 8.75. The maximum atomic E-state index is 13.3. The third-order valence-electron chi connectivity index (χ3n) is 7.89. The number of hydrogen-bond acceptors (Lipinski definition) is 6. The first kappa shape index (κ1) is 15.5. The Hall–Kier alpha value is -1.50. The summed E-state index contributed by atoms with van der Waals surface area (Å²) in [7, 11) is 0. The Balaban J connectivity index is 1.45. The van der Waals surface area contributed by atoms with Gasteiger partial charge in [0.15, 0.2) is 11.4 Å². The molecule has 6 rings (SSSR count). The summed E-state index contributed by atoms with van der Waals surface area (Å²) in [6, 6.07) is 0. The minimum atomic E-state index is -0.843. The summed E-state index contributed by atoms with van der Waals surface area (Å²) in [4.78, 5) is 25.3. The van der Waals surface area contributed by atoms with E-state index in [9.17, 15) is 9.59 Å². The smallest absolute Gasteiger partial charge is 0.334 e. The fourth-order valence-corrected chi connectivity index (χ4v) is 6.59. The highest BCUT2D eigenvalue weighted by atomic mass is 16.7. The lowest BCUT2D eigenvalue weighted by Crippen LogP contribution is -2.63. The molecule has 6 heteroatoms. The summed E-state index contributed by atoms with van der Waals surface area (Å²) >= 11 is 0. The van der Waals surface area contributed by atoms with Gasteiger partial charge >= 0.3 is 5.97 Å². The summed E-state index contributed by atoms with van der Waals surface area (Å²) in [6.45, 7) is 2.66. The number of esters is 1. The van der Waals surface area contributed by atoms with Crippen LogP contribution in [0.25, 0.3) is 0 Å². The number of aliphatic hydroxyl groups excluding tert-OH is 1. The van der Waals surface area contributed by atoms with E-state index in [2.05, 4.69) is 6.92 Å². The SMILES string of the molecule is CC12CCC3=C(COC3=O)C1CC1OC13C(=O)C(CCCO)=CC1OC123. The Bertz CT molecular complexity index is 826. The Morgan fingerprint density at radius 3 is 2.96 bits per heavy atom. The zero-order valence-corrected chi connectivity index (χ0v) is 14.7. The van der Waals surface area contributed by atoms with Gasteiger partial charge in [-0.3, -0.25) is 4.79 Å². The molecule has 0 radical (unpaired) electrons. The predicted octanol–water partition coefficient (Wildman–Crippen LogP) is 1.22. The lowest BCUT2D eigenvalue weighted by atomic mass is 9.48. The van der Waals surface area contributed by atoms with Crippen LogP contribution in [0.2, 0.25) is 0 Å². The highest BCUT2D eigenvalue weighted by Gasteiger charge is 2.92. The molecular weight excluding hydrogens is 336 g/mol. The summed E-state index contributed by atoms with van der Waals surface area (Å²) in [6.07, 6.45) is 5.13. The Morgan fingerprint density at radius 2 is 2.15 bits per heavy atom. The molecule has 0 bridgehead atoms. The largest absolute Gasteiger partial charge is 0.458 e. The van der Waals surface area contributed by atoms with Gasteiger partial charge in [0.25, 0.3) is 0 Å². The second-order valence-electron chi connectivity index (χ2n) is 8.75. The molecule has 3 aliphatic heterocycles. The lowest BCUT2D eigenvalue weighted by molar-refractivity contribution is -0.136. The van der Waals surface area contributed by atoms with Crippen molar-refractivity contribution in [3.63, 3.8) is 0 Å². The van der Waals surface area contributed by atoms with Crippen LogP contribution in [-0.4, -0.2) is 53.5 Å². The van der Waals surface area contributed by atoms with E-state index in [0.29, 0.717) is 25.9 Å². The van der Waals surface area contributed by atoms with Gasteiger partial charge in [-0.15, -0.1) is 0 Å². The van der Waals surface area contributed by atoms with E-state index in [0.717, 1.165) is 29.6 Å². The van der Waals surface area contributed by atoms with Crippen molar-refractivity contribution in [2.45, 2.75) is 62.4 Å². The molecule has 2 saturated heterocycles. The number of fused-ring (bicyclic) bond motifs is 2. The minimum Gasteiger partial charge on any atom is -0.458 e. The van der Waals surface area contributed by atoms with Gasteiger partial charge < -0.3 is 19.3 Å². The molecule has 6 atom stereocenters. The summed E-state index contributed by atoms with van der Waals surface area (Å²) in [5, 5.41) is 9.12. The van der Waals surface area contributed by atoms with Crippen LogP contribution in [0, 0.1) is 11.3 Å². The van der Waals surface area contributed by atoms with Gasteiger partial charge in [-0.25, -0.2) is 4.79 Å². The Kier molecular flexibility index (Phi) is 2.68. The molecule has 0 aromatic heterocycles. The van der Waals surface area contributed by atoms with E-state index in [1.165, 1.54) is 0 Å². The van der Waals surface area contributed by atoms with Crippen LogP contribution in [0.5, 0.6) is 0 Å². The third-order valence-corrected chi connectivity index (χ3v) is 7.89. The summed E-state index contributed by atoms with van der Waals surface area (Å²) in [5.41, 5.74) is 1.03. The van der Waals surface area contributed by atoms with Crippen molar-refractivity contribution >= 4 is 11.8 Å². The highest BCUT2D eigenvalue weighted by Crippen LogP contribution is 2.77. The third kappa shape index (κ3) is 1.42. The normalized spacial score (nSPS) is 50.1. The topological polar surface area (TPSA) is 88.7 Å². The van der Waals surface area contributed by atoms with Crippen molar-refractivity contribution in [2.75, 3.05) is 13.2 Å². The molecule has 3 heterocycles. The number of rotatable bonds is 3. The Morgan fingerprint density at radius 1 is 1.31 bits per heavy atom. The number of ether oxygens (including phenoxy) is 3. The summed E-state index contributed by atoms with van der Waals surface area (Å²) < 4.78 is 17.8. The van der Waals surface area contributed by atoms with Crippen molar-refractivity contribution in [1.82, 2.24) is 0 Å². The number of epoxide rings is 2. The zero-order chi connectivity index (χ0) is 17.9. The first-order chi connectivity index (χ1) is 12.5. The number of ketones is 1. The molecule has 138 valence electrons. The number of Topliss-reactive ketones (excluding diaryl/α,β-unsaturated/α-hetero) is 1. The molecule has 1 saturated carbocycles. The number of cyclic esters (lactones) is 1. The molecule has 2 spiro atoms. The van der Waals surface area contributed by atoms with Gasteiger partial charge in [0.1, 0.15) is 18.3 Å². The highest BCUT2D eigenvalue weighted by molar-refractivity contribution is 6.08. The van der Waals surface area contributed by atoms with E-state index >= 15 is 0 Å². The average Bonchev–Trinajstić information content (AvgIpc) is 3.50. The average molecular weight is 358 g/mol. The van der Waals surface area contributed by atoms with E-state index in [1.54, 1.807) is 0 Å². The maximum Gasteiger partial charge on any atom is 0.334 e. The Labute approximate surface area is 151 Å². The summed E-state index contributed by atoms with van der Waals surface area (Å²) in [5.74, 6) is 0.0543. The fraction of sp³-hybridized carbons (Fsp3) is 0.700. The molecule has 6 aliphatic rings. The van der Waals surface area contributed by atoms with Crippen LogP contribution in [0.4, 0.5) is 0 Å². The first-order valence-corrected chi connectivity index (χ1v) is 9.60. The van der Waals surface area contributed by atoms with E-state index < -0.39 is 11.2 Å². The predicted molar refractivity (Wildman–Crippen MR) is 88.1 cm³/mol. The maximum absolute atomic E-state index is 13.3. The van der Waals surface area contributed by atoms with Crippen LogP contribution in [-0.2, 0) is 23.8 Å². The van der Waals surface area contributed by atoms with Gasteiger partial charge in [0.2, 0.25) is 0 Å². The molecule has 1 N–H and O–H groups in total. The molecule has 6 nitrogen and oxygen atoms in total. The van der Waals surface area contributed by atoms with Crippen molar-refractivity contribution < 1.29 is 28.9 Å². The zero-order valence-electron chi connectivity index (χ0n) is 14.7. The lowest BCUT2D eigenvalue weighted by Gasteiger charge is -2.51. The van der Waals surface area contributed by atoms with Crippen LogP contribution < -0.4 is 0 Å². The van der Waals surface area contributed by atoms with Gasteiger partial charge in [-0.2, -0.15) is 0 Å². The molecule has 3 fully saturated rings. The van der Waals surface area contributed by atoms with Crippen LogP contribution >= 0.6 is 0 Å². The second kappa shape index (κ2) is 4.49. The van der Waals surface area contributed by atoms with Crippen LogP contribution in [0.15, 0.2) is 22.8 Å². The molecule has 26 heavy (non-hydrogen) atoms. The number of carbonyl (C=O) groups is 2. The monoisotopic (exact) mass is 358 g/mol. The van der Waals surface area contributed by atoms with E-state index in [1.807, 2.05) is 6.08 Å². The molecule has 3 aliphatic carbocycles. The van der Waals surface area contributed by atoms with Gasteiger partial charge in [-0.05, 0) is 55.2 Å². The molecule has 0 aromatic rings. The van der Waals surface area contributed by atoms with Crippen molar-refractivity contribution in [3.8, 4) is 0 Å². The van der Waals surface area contributed by atoms with Crippen molar-refractivity contribution in [2.24, 2.45) is 11.3 Å². The first-order valence-electron chi connectivity index (χ1n) is 9.60. The van der Waals surface area contributed by atoms with Crippen molar-refractivity contribution in [1.29, 1.82) is 0 Å². The number of hydrogen-bond donors (Lipinski definition) is 1.